The molecule has 8 aromatic carbocycles. The molecule has 1 aromatic heterocycles. The number of rotatable bonds is 15. The average Bonchev–Trinajstić information content (AvgIpc) is 1.65. The number of imide groups is 2. The van der Waals surface area contributed by atoms with Crippen LogP contribution in [0.1, 0.15) is 152 Å². The first-order valence-electron chi connectivity index (χ1n) is 39.9. The second kappa shape index (κ2) is 46.7. The van der Waals surface area contributed by atoms with E-state index in [0.717, 1.165) is 28.3 Å². The Kier molecular flexibility index (Phi) is 38.0. The Morgan fingerprint density at radius 1 is 0.441 bits per heavy atom. The topological polar surface area (TPSA) is 280 Å². The van der Waals surface area contributed by atoms with E-state index in [1.165, 1.54) is 41.1 Å². The number of alkyl carbamates (subject to hydrolysis) is 3. The summed E-state index contributed by atoms with van der Waals surface area (Å²) in [7, 11) is 2.84. The molecule has 3 aliphatic rings. The number of Topliss-reactive ketones (excluding diaryl/α,β-unsaturated/α-hetero) is 1. The number of likely N-dealkylation sites (N-methyl/N-ethyl adjacent to an activating group) is 1. The van der Waals surface area contributed by atoms with Gasteiger partial charge in [0, 0.05) is 41.4 Å². The molecule has 4 heterocycles. The van der Waals surface area contributed by atoms with Crippen LogP contribution in [0.3, 0.4) is 0 Å². The van der Waals surface area contributed by atoms with Gasteiger partial charge in [-0.2, -0.15) is 132 Å². The largest absolute Gasteiger partial charge is 0.445 e. The highest BCUT2D eigenvalue weighted by molar-refractivity contribution is 9.10. The molecule has 0 saturated carbocycles. The fourth-order valence-corrected chi connectivity index (χ4v) is 13.6. The minimum Gasteiger partial charge on any atom is -0.445 e. The first-order chi connectivity index (χ1) is 65.7. The van der Waals surface area contributed by atoms with E-state index in [-0.39, 0.29) is 66.0 Å². The van der Waals surface area contributed by atoms with Crippen LogP contribution in [0.5, 0.6) is 0 Å². The number of nitrogens with one attached hydrogen (secondary N) is 4. The molecule has 8 atom stereocenters. The van der Waals surface area contributed by atoms with E-state index in [2.05, 4.69) is 42.2 Å². The van der Waals surface area contributed by atoms with Crippen molar-refractivity contribution in [3.8, 4) is 0 Å². The van der Waals surface area contributed by atoms with Crippen molar-refractivity contribution in [2.75, 3.05) is 14.2 Å². The van der Waals surface area contributed by atoms with Crippen LogP contribution in [0.25, 0.3) is 10.8 Å². The Bertz CT molecular complexity index is 5860. The third kappa shape index (κ3) is 33.3. The Morgan fingerprint density at radius 3 is 1.10 bits per heavy atom. The second-order valence-electron chi connectivity index (χ2n) is 30.3. The molecule has 12 rings (SSSR count). The van der Waals surface area contributed by atoms with Crippen LogP contribution >= 0.6 is 27.5 Å². The number of carbonyl (C=O) groups excluding carboxylic acids is 9. The van der Waals surface area contributed by atoms with Gasteiger partial charge in [-0.3, -0.25) is 24.2 Å². The summed E-state index contributed by atoms with van der Waals surface area (Å²) in [5.74, 6) is -1.49. The molecule has 0 aliphatic carbocycles. The Labute approximate surface area is 799 Å². The fraction of sp³-hybridized carbons (Fsp3) is 0.318. The molecule has 776 valence electrons. The smallest absolute Gasteiger partial charge is 0.419 e. The fourth-order valence-electron chi connectivity index (χ4n) is 12.8. The zero-order valence-corrected chi connectivity index (χ0v) is 75.5. The summed E-state index contributed by atoms with van der Waals surface area (Å²) in [5.41, 5.74) is -15.1. The lowest BCUT2D eigenvalue weighted by Crippen LogP contribution is -2.45. The quantitative estimate of drug-likeness (QED) is 0.0185. The molecule has 0 radical (unpaired) electrons. The number of hydrogen-bond acceptors (Lipinski definition) is 16. The van der Waals surface area contributed by atoms with Crippen molar-refractivity contribution in [3.05, 3.63) is 287 Å². The van der Waals surface area contributed by atoms with Crippen molar-refractivity contribution in [1.29, 1.82) is 0 Å². The number of cyclic esters (lactones) is 3. The van der Waals surface area contributed by atoms with Crippen molar-refractivity contribution >= 4 is 91.9 Å². The molecule has 9 aromatic rings. The maximum absolute atomic E-state index is 13.2. The summed E-state index contributed by atoms with van der Waals surface area (Å²) in [5, 5.41) is 10.7. The number of hydrogen-bond donors (Lipinski definition) is 4. The maximum atomic E-state index is 13.2. The second-order valence-corrected chi connectivity index (χ2v) is 31.5. The van der Waals surface area contributed by atoms with Crippen molar-refractivity contribution in [1.82, 2.24) is 41.1 Å². The third-order valence-corrected chi connectivity index (χ3v) is 20.5. The van der Waals surface area contributed by atoms with Crippen LogP contribution in [0.4, 0.5) is 165 Å². The van der Waals surface area contributed by atoms with Crippen molar-refractivity contribution in [2.45, 2.75) is 165 Å². The molecule has 143 heavy (non-hydrogen) atoms. The number of halogens is 32. The van der Waals surface area contributed by atoms with Gasteiger partial charge in [0.1, 0.15) is 37.6 Å². The van der Waals surface area contributed by atoms with Crippen molar-refractivity contribution < 1.29 is 203 Å². The summed E-state index contributed by atoms with van der Waals surface area (Å²) in [6.45, 7) is 6.61. The maximum Gasteiger partial charge on any atom is 0.419 e. The van der Waals surface area contributed by atoms with Gasteiger partial charge in [0.25, 0.3) is 5.91 Å². The lowest BCUT2D eigenvalue weighted by atomic mass is 9.97. The number of nitrogens with zero attached hydrogens (tertiary/aromatic N) is 4. The van der Waals surface area contributed by atoms with Gasteiger partial charge < -0.3 is 45.0 Å². The third-order valence-electron chi connectivity index (χ3n) is 19.8. The molecule has 55 heteroatoms. The Balaban J connectivity index is 0.000000238. The first-order valence-corrected chi connectivity index (χ1v) is 41.0. The zero-order valence-electron chi connectivity index (χ0n) is 73.1. The predicted molar refractivity (Wildman–Crippen MR) is 441 cm³/mol. The number of amides is 9. The van der Waals surface area contributed by atoms with E-state index in [9.17, 15) is 175 Å². The number of ether oxygens (including phenoxy) is 5. The van der Waals surface area contributed by atoms with Gasteiger partial charge in [0.2, 0.25) is 0 Å². The number of fused-ring (bicyclic) bond motifs is 1. The van der Waals surface area contributed by atoms with E-state index in [1.807, 2.05) is 48.5 Å². The molecule has 23 nitrogen and oxygen atoms in total. The standard InChI is InChI=1S/C23H17F6N3O3.C19H15F6NO3.C13H8ClF6NO3.C13H18N2O4.C12H9F6NO2.C8H3BrF6/c1-12-19(14-6-16(22(24,25)26)8-17(7-14)23(27,28)29)35-21(34)32(12)20(33)31-11-15-10-30-9-13-4-2-3-5-18(13)15;1-11(26-17(28)29-10-12-5-3-2-4-6-12)16(27)13-7-14(18(20,21)22)9-15(8-13)19(23,24)25;1-5-9(24-11(23)21(5)10(14)22)6-2-7(12(15,16)17)4-8(3-6)13(18,19)20;1-10(12(16)15(2)18-3)14-13(17)19-9-11-7-5-4-6-8-11;1-5-9(21-10(20)19-5)6-2-7(11(13,14)15)4-8(3-6)12(16,17)18;9-6-2-4(7(10,11)12)1-5(3-6)8(13,14)15/h2-10,12,19H,11H2,1H3,(H,31,33);2-9,11H,10H2,1H3,(H,26,28);2-5,9H,1H3;4-8,10H,9H2,1-3H3,(H,14,17);2-5,9H,1H3,(H,19,20);1-3H/t12-,19-;11-;5-,9-;10-;5-,9-;/m00000./s1. The lowest BCUT2D eigenvalue weighted by Gasteiger charge is -2.21. The van der Waals surface area contributed by atoms with Crippen LogP contribution in [-0.4, -0.2) is 118 Å². The SMILES string of the molecule is CON(C)C(=O)[C@H](C)NC(=O)OCc1ccccc1.C[C@@H]1NC(=O)O[C@@H]1c1cc(C(F)(F)F)cc(C(F)(F)F)c1.C[C@H](NC(=O)OCc1ccccc1)C(=O)c1cc(C(F)(F)F)cc(C(F)(F)F)c1.C[C@H]1[C@@H](c2cc(C(F)(F)F)cc(C(F)(F)F)c2)OC(=O)N1C(=O)Cl.C[C@H]1[C@@H](c2cc(C(F)(F)F)cc(C(F)(F)F)c2)OC(=O)N1C(=O)NCc1cncc2ccccc12.FC(F)(F)c1cc(Br)cc(C(F)(F)F)c1. The predicted octanol–water partition coefficient (Wildman–Crippen LogP) is 26.0. The zero-order chi connectivity index (χ0) is 108. The van der Waals surface area contributed by atoms with E-state index in [4.69, 9.17) is 40.1 Å². The number of pyridine rings is 1. The van der Waals surface area contributed by atoms with Gasteiger partial charge in [0.05, 0.1) is 86.9 Å². The summed E-state index contributed by atoms with van der Waals surface area (Å²) in [6, 6.07) is 23.6. The van der Waals surface area contributed by atoms with Crippen molar-refractivity contribution in [3.63, 3.8) is 0 Å². The molecule has 4 N–H and O–H groups in total. The Morgan fingerprint density at radius 2 is 0.762 bits per heavy atom. The molecule has 0 bridgehead atoms. The number of ketones is 1. The molecular formula is C88H70BrClF30N8O15. The van der Waals surface area contributed by atoms with Gasteiger partial charge in [-0.25, -0.2) is 43.6 Å². The van der Waals surface area contributed by atoms with Gasteiger partial charge in [0.15, 0.2) is 5.78 Å². The molecular weight excluding hydrogens is 2090 g/mol. The molecule has 0 spiro atoms. The van der Waals surface area contributed by atoms with Crippen LogP contribution in [0.2, 0.25) is 0 Å². The van der Waals surface area contributed by atoms with Crippen LogP contribution < -0.4 is 21.3 Å². The summed E-state index contributed by atoms with van der Waals surface area (Å²) in [6.07, 6.45) is -55.9. The van der Waals surface area contributed by atoms with Crippen molar-refractivity contribution in [2.24, 2.45) is 0 Å². The van der Waals surface area contributed by atoms with Crippen LogP contribution in [0, 0.1) is 0 Å². The summed E-state index contributed by atoms with van der Waals surface area (Å²) >= 11 is 7.76. The van der Waals surface area contributed by atoms with E-state index >= 15 is 0 Å². The molecule has 9 amide bonds. The Hall–Kier alpha value is -13.6. The number of hydroxylamine groups is 2. The molecule has 3 aliphatic heterocycles. The highest BCUT2D eigenvalue weighted by Gasteiger charge is 2.50. The number of benzene rings is 8. The van der Waals surface area contributed by atoms with Crippen LogP contribution in [-0.2, 0) is 115 Å². The number of aromatic nitrogens is 1. The lowest BCUT2D eigenvalue weighted by molar-refractivity contribution is -0.170. The number of alkyl halides is 30. The average molecular weight is 2160 g/mol. The highest BCUT2D eigenvalue weighted by Crippen LogP contribution is 2.47. The van der Waals surface area contributed by atoms with Gasteiger partial charge in [-0.05, 0) is 176 Å². The van der Waals surface area contributed by atoms with E-state index in [1.54, 1.807) is 49.5 Å². The van der Waals surface area contributed by atoms with E-state index < -0.39 is 230 Å². The number of urea groups is 1. The summed E-state index contributed by atoms with van der Waals surface area (Å²) in [4.78, 5) is 116. The first kappa shape index (κ1) is 116. The van der Waals surface area contributed by atoms with Gasteiger partial charge >= 0.3 is 104 Å². The minimum absolute atomic E-state index is 0.0202. The molecule has 3 fully saturated rings. The highest BCUT2D eigenvalue weighted by atomic mass is 79.9. The van der Waals surface area contributed by atoms with Gasteiger partial charge in [-0.15, -0.1) is 0 Å². The van der Waals surface area contributed by atoms with Gasteiger partial charge in [-0.1, -0.05) is 101 Å². The monoisotopic (exact) mass is 2160 g/mol. The van der Waals surface area contributed by atoms with Crippen LogP contribution in [0.15, 0.2) is 193 Å². The number of carbonyl (C=O) groups is 9. The molecule has 3 saturated heterocycles. The minimum atomic E-state index is -5.08. The summed E-state index contributed by atoms with van der Waals surface area (Å²) < 4.78 is 407. The van der Waals surface area contributed by atoms with E-state index in [0.29, 0.717) is 81.6 Å². The molecule has 0 unspecified atom stereocenters. The normalized spacial score (nSPS) is 17.1.